The number of nitrogens with zero attached hydrogens (tertiary/aromatic N) is 2. The minimum absolute atomic E-state index is 0.0581. The first-order valence-corrected chi connectivity index (χ1v) is 4.25. The Labute approximate surface area is 68.8 Å². The molecular weight excluding hydrogens is 162 g/mol. The molecule has 1 aromatic heterocycles. The van der Waals surface area contributed by atoms with Crippen molar-refractivity contribution in [1.82, 2.24) is 9.78 Å². The number of nitrogens with two attached hydrogens (primary N) is 1. The first-order valence-electron chi connectivity index (χ1n) is 3.03. The molecule has 0 aliphatic heterocycles. The summed E-state index contributed by atoms with van der Waals surface area (Å²) < 4.78 is 1.48. The van der Waals surface area contributed by atoms with E-state index in [0.29, 0.717) is 11.5 Å². The van der Waals surface area contributed by atoms with E-state index in [0.717, 1.165) is 11.8 Å². The zero-order valence-electron chi connectivity index (χ0n) is 6.37. The molecule has 1 aromatic rings. The molecule has 0 unspecified atom stereocenters. The maximum atomic E-state index is 11.0. The summed E-state index contributed by atoms with van der Waals surface area (Å²) in [6.45, 7) is 0. The molecule has 0 aromatic carbocycles. The van der Waals surface area contributed by atoms with Crippen molar-refractivity contribution in [3.8, 4) is 0 Å². The molecule has 5 heteroatoms. The number of nitrogen functional groups attached to an aromatic ring is 1. The van der Waals surface area contributed by atoms with Crippen molar-refractivity contribution in [3.63, 3.8) is 0 Å². The minimum atomic E-state index is -0.0581. The van der Waals surface area contributed by atoms with Crippen molar-refractivity contribution in [3.05, 3.63) is 11.8 Å². The van der Waals surface area contributed by atoms with Crippen molar-refractivity contribution in [1.29, 1.82) is 0 Å². The molecule has 2 N–H and O–H groups in total. The Balaban J connectivity index is 2.97. The number of hydrogen-bond acceptors (Lipinski definition) is 4. The Bertz CT molecular complexity index is 262. The van der Waals surface area contributed by atoms with Crippen LogP contribution in [0.5, 0.6) is 0 Å². The monoisotopic (exact) mass is 171 g/mol. The van der Waals surface area contributed by atoms with Crippen molar-refractivity contribution in [2.75, 3.05) is 12.0 Å². The normalized spacial score (nSPS) is 10.0. The summed E-state index contributed by atoms with van der Waals surface area (Å²) in [6.07, 6.45) is 1.72. The molecule has 4 nitrogen and oxygen atoms in total. The molecule has 0 amide bonds. The number of aromatic nitrogens is 2. The van der Waals surface area contributed by atoms with Gasteiger partial charge in [0.2, 0.25) is 5.12 Å². The third-order valence-corrected chi connectivity index (χ3v) is 1.89. The second kappa shape index (κ2) is 2.96. The average molecular weight is 171 g/mol. The fourth-order valence-electron chi connectivity index (χ4n) is 0.686. The summed E-state index contributed by atoms with van der Waals surface area (Å²) >= 11 is 1.13. The predicted octanol–water partition coefficient (Wildman–Crippen LogP) is 0.505. The van der Waals surface area contributed by atoms with E-state index in [4.69, 9.17) is 5.73 Å². The summed E-state index contributed by atoms with van der Waals surface area (Å²) in [7, 11) is 1.70. The van der Waals surface area contributed by atoms with Gasteiger partial charge in [0.05, 0.1) is 0 Å². The van der Waals surface area contributed by atoms with Crippen LogP contribution in [0.4, 0.5) is 5.82 Å². The molecular formula is C6H9N3OS. The van der Waals surface area contributed by atoms with E-state index in [1.165, 1.54) is 4.68 Å². The molecule has 0 saturated carbocycles. The van der Waals surface area contributed by atoms with Gasteiger partial charge in [-0.25, -0.2) is 0 Å². The lowest BCUT2D eigenvalue weighted by Crippen LogP contribution is -1.98. The van der Waals surface area contributed by atoms with Crippen molar-refractivity contribution < 1.29 is 4.79 Å². The quantitative estimate of drug-likeness (QED) is 0.668. The summed E-state index contributed by atoms with van der Waals surface area (Å²) in [5.74, 6) is 0.502. The number of anilines is 1. The van der Waals surface area contributed by atoms with Crippen LogP contribution in [0.1, 0.15) is 10.5 Å². The number of rotatable bonds is 1. The zero-order chi connectivity index (χ0) is 8.43. The van der Waals surface area contributed by atoms with Gasteiger partial charge in [-0.1, -0.05) is 11.8 Å². The molecule has 60 valence electrons. The average Bonchev–Trinajstić information content (AvgIpc) is 2.31. The van der Waals surface area contributed by atoms with Gasteiger partial charge in [-0.05, 0) is 6.26 Å². The highest BCUT2D eigenvalue weighted by atomic mass is 32.2. The van der Waals surface area contributed by atoms with Crippen LogP contribution >= 0.6 is 11.8 Å². The number of aryl methyl sites for hydroxylation is 1. The van der Waals surface area contributed by atoms with E-state index >= 15 is 0 Å². The maximum absolute atomic E-state index is 11.0. The van der Waals surface area contributed by atoms with Gasteiger partial charge in [0.15, 0.2) is 0 Å². The third-order valence-electron chi connectivity index (χ3n) is 1.31. The maximum Gasteiger partial charge on any atom is 0.239 e. The predicted molar refractivity (Wildman–Crippen MR) is 45.5 cm³/mol. The van der Waals surface area contributed by atoms with Crippen LogP contribution in [-0.4, -0.2) is 21.2 Å². The topological polar surface area (TPSA) is 60.9 Å². The molecule has 0 fully saturated rings. The lowest BCUT2D eigenvalue weighted by atomic mass is 10.5. The first-order chi connectivity index (χ1) is 5.15. The minimum Gasteiger partial charge on any atom is -0.384 e. The lowest BCUT2D eigenvalue weighted by molar-refractivity contribution is 0.108. The van der Waals surface area contributed by atoms with Crippen molar-refractivity contribution in [2.24, 2.45) is 7.05 Å². The van der Waals surface area contributed by atoms with Gasteiger partial charge in [-0.2, -0.15) is 5.10 Å². The van der Waals surface area contributed by atoms with E-state index in [-0.39, 0.29) is 5.12 Å². The fraction of sp³-hybridized carbons (Fsp3) is 0.333. The second-order valence-electron chi connectivity index (χ2n) is 2.07. The molecule has 0 bridgehead atoms. The molecule has 1 heterocycles. The van der Waals surface area contributed by atoms with Crippen LogP contribution in [-0.2, 0) is 7.05 Å². The lowest BCUT2D eigenvalue weighted by Gasteiger charge is -1.89. The van der Waals surface area contributed by atoms with E-state index in [9.17, 15) is 4.79 Å². The van der Waals surface area contributed by atoms with Gasteiger partial charge in [0.1, 0.15) is 11.5 Å². The van der Waals surface area contributed by atoms with Gasteiger partial charge in [0, 0.05) is 13.1 Å². The highest BCUT2D eigenvalue weighted by Crippen LogP contribution is 2.10. The van der Waals surface area contributed by atoms with Gasteiger partial charge in [0.25, 0.3) is 0 Å². The SMILES string of the molecule is CSC(=O)c1cc(N)n(C)n1. The summed E-state index contributed by atoms with van der Waals surface area (Å²) in [5, 5.41) is 3.84. The van der Waals surface area contributed by atoms with Gasteiger partial charge < -0.3 is 5.73 Å². The Morgan fingerprint density at radius 2 is 2.45 bits per heavy atom. The van der Waals surface area contributed by atoms with E-state index < -0.39 is 0 Å². The standard InChI is InChI=1S/C6H9N3OS/c1-9-5(7)3-4(8-9)6(10)11-2/h3H,7H2,1-2H3. The number of carbonyl (C=O) groups is 1. The van der Waals surface area contributed by atoms with Crippen LogP contribution in [0.15, 0.2) is 6.07 Å². The Morgan fingerprint density at radius 3 is 2.82 bits per heavy atom. The highest BCUT2D eigenvalue weighted by Gasteiger charge is 2.08. The van der Waals surface area contributed by atoms with E-state index in [2.05, 4.69) is 5.10 Å². The molecule has 0 atom stereocenters. The van der Waals surface area contributed by atoms with Crippen LogP contribution in [0.3, 0.4) is 0 Å². The summed E-state index contributed by atoms with van der Waals surface area (Å²) in [5.41, 5.74) is 5.89. The molecule has 0 aliphatic rings. The van der Waals surface area contributed by atoms with Crippen molar-refractivity contribution >= 4 is 22.7 Å². The second-order valence-corrected chi connectivity index (χ2v) is 2.85. The van der Waals surface area contributed by atoms with Crippen LogP contribution in [0.25, 0.3) is 0 Å². The highest BCUT2D eigenvalue weighted by molar-refractivity contribution is 8.13. The van der Waals surface area contributed by atoms with Gasteiger partial charge in [-0.3, -0.25) is 9.48 Å². The van der Waals surface area contributed by atoms with Gasteiger partial charge >= 0.3 is 0 Å². The Morgan fingerprint density at radius 1 is 1.82 bits per heavy atom. The van der Waals surface area contributed by atoms with E-state index in [1.807, 2.05) is 0 Å². The van der Waals surface area contributed by atoms with Crippen LogP contribution < -0.4 is 5.73 Å². The number of carbonyl (C=O) groups excluding carboxylic acids is 1. The van der Waals surface area contributed by atoms with Crippen LogP contribution in [0.2, 0.25) is 0 Å². The smallest absolute Gasteiger partial charge is 0.239 e. The fourth-order valence-corrected chi connectivity index (χ4v) is 0.995. The molecule has 11 heavy (non-hydrogen) atoms. The molecule has 0 saturated heterocycles. The molecule has 0 spiro atoms. The summed E-state index contributed by atoms with van der Waals surface area (Å²) in [6, 6.07) is 1.57. The zero-order valence-corrected chi connectivity index (χ0v) is 7.18. The Hall–Kier alpha value is -0.970. The molecule has 1 rings (SSSR count). The molecule has 0 radical (unpaired) electrons. The van der Waals surface area contributed by atoms with E-state index in [1.54, 1.807) is 19.4 Å². The third kappa shape index (κ3) is 1.54. The van der Waals surface area contributed by atoms with Crippen LogP contribution in [0, 0.1) is 0 Å². The molecule has 0 aliphatic carbocycles. The number of hydrogen-bond donors (Lipinski definition) is 1. The number of thioether (sulfide) groups is 1. The summed E-state index contributed by atoms with van der Waals surface area (Å²) in [4.78, 5) is 11.0. The first kappa shape index (κ1) is 8.13. The largest absolute Gasteiger partial charge is 0.384 e. The van der Waals surface area contributed by atoms with Gasteiger partial charge in [-0.15, -0.1) is 0 Å². The van der Waals surface area contributed by atoms with Crippen molar-refractivity contribution in [2.45, 2.75) is 0 Å². The Kier molecular flexibility index (Phi) is 2.19.